The fraction of sp³-hybridized carbons (Fsp3) is 0.846. The number of nitrogens with one attached hydrogen (secondary N) is 1. The van der Waals surface area contributed by atoms with E-state index in [4.69, 9.17) is 0 Å². The minimum Gasteiger partial charge on any atom is -0.340 e. The molecule has 0 radical (unpaired) electrons. The van der Waals surface area contributed by atoms with Gasteiger partial charge in [-0.25, -0.2) is 0 Å². The van der Waals surface area contributed by atoms with Crippen LogP contribution in [0.5, 0.6) is 0 Å². The maximum Gasteiger partial charge on any atom is 0.248 e. The van der Waals surface area contributed by atoms with E-state index in [0.29, 0.717) is 19.4 Å². The summed E-state index contributed by atoms with van der Waals surface area (Å²) in [5.41, 5.74) is -0.658. The molecule has 0 atom stereocenters. The van der Waals surface area contributed by atoms with Gasteiger partial charge in [0.1, 0.15) is 5.54 Å². The molecule has 0 aliphatic carbocycles. The van der Waals surface area contributed by atoms with Gasteiger partial charge in [0.05, 0.1) is 6.54 Å². The van der Waals surface area contributed by atoms with Crippen molar-refractivity contribution in [2.24, 2.45) is 0 Å². The van der Waals surface area contributed by atoms with Gasteiger partial charge < -0.3 is 10.2 Å². The zero-order valence-corrected chi connectivity index (χ0v) is 12.4. The Morgan fingerprint density at radius 1 is 1.28 bits per heavy atom. The Hall–Kier alpha value is -0.710. The quantitative estimate of drug-likeness (QED) is 0.717. The lowest BCUT2D eigenvalue weighted by Crippen LogP contribution is -2.66. The normalized spacial score (nSPS) is 18.9. The van der Waals surface area contributed by atoms with Gasteiger partial charge in [0.2, 0.25) is 11.8 Å². The monoisotopic (exact) mass is 272 g/mol. The first-order valence-corrected chi connectivity index (χ1v) is 8.08. The Balaban J connectivity index is 2.62. The molecule has 0 saturated carbocycles. The van der Waals surface area contributed by atoms with Crippen molar-refractivity contribution in [3.8, 4) is 0 Å². The fourth-order valence-electron chi connectivity index (χ4n) is 2.37. The highest BCUT2D eigenvalue weighted by atomic mass is 32.2. The Morgan fingerprint density at radius 2 is 1.94 bits per heavy atom. The second-order valence-corrected chi connectivity index (χ2v) is 5.75. The van der Waals surface area contributed by atoms with E-state index in [1.54, 1.807) is 4.90 Å². The summed E-state index contributed by atoms with van der Waals surface area (Å²) >= 11 is 1.82. The number of carbonyl (C=O) groups is 2. The predicted octanol–water partition coefficient (Wildman–Crippen LogP) is 1.65. The number of nitrogens with zero attached hydrogens (tertiary/aromatic N) is 1. The Bertz CT molecular complexity index is 303. The highest BCUT2D eigenvalue weighted by Gasteiger charge is 2.43. The van der Waals surface area contributed by atoms with Gasteiger partial charge >= 0.3 is 0 Å². The van der Waals surface area contributed by atoms with E-state index in [9.17, 15) is 9.59 Å². The van der Waals surface area contributed by atoms with E-state index in [1.165, 1.54) is 0 Å². The molecule has 0 aromatic carbocycles. The highest BCUT2D eigenvalue weighted by Crippen LogP contribution is 2.22. The number of hydrogen-bond acceptors (Lipinski definition) is 3. The van der Waals surface area contributed by atoms with Crippen LogP contribution in [0.3, 0.4) is 0 Å². The summed E-state index contributed by atoms with van der Waals surface area (Å²) < 4.78 is 0. The second-order valence-electron chi connectivity index (χ2n) is 4.76. The van der Waals surface area contributed by atoms with Crippen LogP contribution in [0.1, 0.15) is 39.5 Å². The maximum absolute atomic E-state index is 12.4. The van der Waals surface area contributed by atoms with Crippen LogP contribution in [0.25, 0.3) is 0 Å². The van der Waals surface area contributed by atoms with Gasteiger partial charge in [0.25, 0.3) is 0 Å². The average molecular weight is 272 g/mol. The first-order chi connectivity index (χ1) is 8.59. The van der Waals surface area contributed by atoms with Crippen molar-refractivity contribution in [2.45, 2.75) is 45.1 Å². The highest BCUT2D eigenvalue weighted by molar-refractivity contribution is 7.98. The summed E-state index contributed by atoms with van der Waals surface area (Å²) in [6, 6.07) is 0. The van der Waals surface area contributed by atoms with E-state index in [1.807, 2.05) is 25.6 Å². The summed E-state index contributed by atoms with van der Waals surface area (Å²) in [6.45, 7) is 4.84. The number of unbranched alkanes of at least 4 members (excludes halogenated alkanes) is 1. The van der Waals surface area contributed by atoms with Gasteiger partial charge in [-0.2, -0.15) is 11.8 Å². The molecule has 2 amide bonds. The molecule has 0 aromatic rings. The van der Waals surface area contributed by atoms with Crippen molar-refractivity contribution in [1.29, 1.82) is 0 Å². The standard InChI is InChI=1S/C13H24N2O2S/c1-4-13(5-2)12(17)15(10-11(16)14-13)8-6-7-9-18-3/h4-10H2,1-3H3,(H,14,16). The van der Waals surface area contributed by atoms with Crippen LogP contribution < -0.4 is 5.32 Å². The Kier molecular flexibility index (Phi) is 5.99. The van der Waals surface area contributed by atoms with Crippen LogP contribution >= 0.6 is 11.8 Å². The summed E-state index contributed by atoms with van der Waals surface area (Å²) in [7, 11) is 0. The molecule has 1 aliphatic rings. The number of rotatable bonds is 7. The summed E-state index contributed by atoms with van der Waals surface area (Å²) in [5.74, 6) is 1.18. The van der Waals surface area contributed by atoms with Crippen LogP contribution in [-0.2, 0) is 9.59 Å². The number of amides is 2. The van der Waals surface area contributed by atoms with Crippen molar-refractivity contribution < 1.29 is 9.59 Å². The first kappa shape index (κ1) is 15.3. The third kappa shape index (κ3) is 3.40. The van der Waals surface area contributed by atoms with Gasteiger partial charge in [0, 0.05) is 6.54 Å². The van der Waals surface area contributed by atoms with Crippen LogP contribution in [0.4, 0.5) is 0 Å². The maximum atomic E-state index is 12.4. The lowest BCUT2D eigenvalue weighted by Gasteiger charge is -2.41. The lowest BCUT2D eigenvalue weighted by atomic mass is 9.89. The molecule has 1 rings (SSSR count). The Morgan fingerprint density at radius 3 is 2.50 bits per heavy atom. The van der Waals surface area contributed by atoms with E-state index in [-0.39, 0.29) is 18.4 Å². The van der Waals surface area contributed by atoms with E-state index >= 15 is 0 Å². The van der Waals surface area contributed by atoms with Crippen LogP contribution in [0.2, 0.25) is 0 Å². The molecular formula is C13H24N2O2S. The SMILES string of the molecule is CCC1(CC)NC(=O)CN(CCCCSC)C1=O. The number of carbonyl (C=O) groups excluding carboxylic acids is 2. The predicted molar refractivity (Wildman–Crippen MR) is 75.7 cm³/mol. The molecule has 4 nitrogen and oxygen atoms in total. The summed E-state index contributed by atoms with van der Waals surface area (Å²) in [4.78, 5) is 25.9. The van der Waals surface area contributed by atoms with Gasteiger partial charge in [-0.1, -0.05) is 13.8 Å². The lowest BCUT2D eigenvalue weighted by molar-refractivity contribution is -0.150. The minimum atomic E-state index is -0.658. The molecule has 1 heterocycles. The van der Waals surface area contributed by atoms with Gasteiger partial charge in [-0.3, -0.25) is 9.59 Å². The first-order valence-electron chi connectivity index (χ1n) is 6.69. The molecule has 1 fully saturated rings. The van der Waals surface area contributed by atoms with Crippen LogP contribution in [0.15, 0.2) is 0 Å². The molecule has 0 aromatic heterocycles. The second kappa shape index (κ2) is 7.02. The zero-order chi connectivity index (χ0) is 13.6. The molecule has 0 spiro atoms. The molecule has 0 bridgehead atoms. The fourth-order valence-corrected chi connectivity index (χ4v) is 2.86. The third-order valence-corrected chi connectivity index (χ3v) is 4.34. The minimum absolute atomic E-state index is 0.0248. The van der Waals surface area contributed by atoms with Crippen LogP contribution in [0, 0.1) is 0 Å². The molecular weight excluding hydrogens is 248 g/mol. The molecule has 0 unspecified atom stereocenters. The topological polar surface area (TPSA) is 49.4 Å². The third-order valence-electron chi connectivity index (χ3n) is 3.64. The zero-order valence-electron chi connectivity index (χ0n) is 11.6. The van der Waals surface area contributed by atoms with Crippen molar-refractivity contribution in [3.05, 3.63) is 0 Å². The van der Waals surface area contributed by atoms with Gasteiger partial charge in [0.15, 0.2) is 0 Å². The number of thioether (sulfide) groups is 1. The average Bonchev–Trinajstić information content (AvgIpc) is 2.38. The van der Waals surface area contributed by atoms with E-state index in [2.05, 4.69) is 11.6 Å². The number of piperazine rings is 1. The number of hydrogen-bond donors (Lipinski definition) is 1. The molecule has 1 aliphatic heterocycles. The summed E-state index contributed by atoms with van der Waals surface area (Å²) in [5, 5.41) is 2.88. The van der Waals surface area contributed by atoms with Gasteiger partial charge in [-0.15, -0.1) is 0 Å². The van der Waals surface area contributed by atoms with Crippen molar-refractivity contribution >= 4 is 23.6 Å². The van der Waals surface area contributed by atoms with E-state index in [0.717, 1.165) is 18.6 Å². The van der Waals surface area contributed by atoms with Gasteiger partial charge in [-0.05, 0) is 37.7 Å². The largest absolute Gasteiger partial charge is 0.340 e. The Labute approximate surface area is 114 Å². The smallest absolute Gasteiger partial charge is 0.248 e. The molecule has 1 saturated heterocycles. The van der Waals surface area contributed by atoms with E-state index < -0.39 is 5.54 Å². The molecule has 18 heavy (non-hydrogen) atoms. The summed E-state index contributed by atoms with van der Waals surface area (Å²) in [6.07, 6.45) is 5.48. The van der Waals surface area contributed by atoms with Crippen LogP contribution in [-0.4, -0.2) is 47.4 Å². The van der Waals surface area contributed by atoms with Crippen molar-refractivity contribution in [1.82, 2.24) is 10.2 Å². The molecule has 5 heteroatoms. The van der Waals surface area contributed by atoms with Crippen molar-refractivity contribution in [3.63, 3.8) is 0 Å². The van der Waals surface area contributed by atoms with Crippen molar-refractivity contribution in [2.75, 3.05) is 25.1 Å². The molecule has 104 valence electrons. The molecule has 1 N–H and O–H groups in total.